The van der Waals surface area contributed by atoms with Crippen molar-refractivity contribution in [2.75, 3.05) is 0 Å². The molecule has 2 aromatic carbocycles. The van der Waals surface area contributed by atoms with Crippen molar-refractivity contribution in [2.24, 2.45) is 0 Å². The maximum Gasteiger partial charge on any atom is 1.00 e. The van der Waals surface area contributed by atoms with Crippen LogP contribution in [0.3, 0.4) is 0 Å². The molecule has 0 aromatic heterocycles. The predicted molar refractivity (Wildman–Crippen MR) is 86.9 cm³/mol. The zero-order valence-electron chi connectivity index (χ0n) is 13.8. The van der Waals surface area contributed by atoms with Crippen LogP contribution in [-0.4, -0.2) is 11.6 Å². The number of Topliss-reactive ketones (excluding diaryl/α,β-unsaturated/α-hetero) is 1. The number of fused-ring (bicyclic) bond motifs is 1. The molecule has 0 N–H and O–H groups in total. The number of hydrogen-bond donors (Lipinski definition) is 0. The first-order chi connectivity index (χ1) is 10.5. The van der Waals surface area contributed by atoms with E-state index in [1.165, 1.54) is 6.08 Å². The third-order valence-corrected chi connectivity index (χ3v) is 3.81. The molecular formula is C19H16NNaO2. The minimum Gasteiger partial charge on any atom is -0.654 e. The van der Waals surface area contributed by atoms with Gasteiger partial charge in [-0.1, -0.05) is 58.8 Å². The summed E-state index contributed by atoms with van der Waals surface area (Å²) in [5.41, 5.74) is 4.99. The van der Waals surface area contributed by atoms with E-state index in [0.29, 0.717) is 11.1 Å². The number of benzene rings is 2. The smallest absolute Gasteiger partial charge is 0.654 e. The van der Waals surface area contributed by atoms with Crippen LogP contribution in [-0.2, 0) is 0 Å². The Kier molecular flexibility index (Phi) is 5.25. The van der Waals surface area contributed by atoms with Crippen molar-refractivity contribution >= 4 is 17.3 Å². The summed E-state index contributed by atoms with van der Waals surface area (Å²) in [6.45, 7) is 5.94. The van der Waals surface area contributed by atoms with Crippen molar-refractivity contribution < 1.29 is 39.1 Å². The molecular weight excluding hydrogens is 297 g/mol. The molecule has 0 aliphatic heterocycles. The molecule has 0 fully saturated rings. The van der Waals surface area contributed by atoms with Gasteiger partial charge in [0.2, 0.25) is 0 Å². The van der Waals surface area contributed by atoms with E-state index in [0.717, 1.165) is 22.4 Å². The summed E-state index contributed by atoms with van der Waals surface area (Å²) in [6.07, 6.45) is 1.34. The molecule has 0 amide bonds. The normalized spacial score (nSPS) is 13.1. The fourth-order valence-electron chi connectivity index (χ4n) is 2.85. The number of rotatable bonds is 2. The van der Waals surface area contributed by atoms with E-state index < -0.39 is 0 Å². The average molecular weight is 313 g/mol. The van der Waals surface area contributed by atoms with Gasteiger partial charge in [-0.15, -0.1) is 5.69 Å². The summed E-state index contributed by atoms with van der Waals surface area (Å²) in [4.78, 5) is 24.7. The van der Waals surface area contributed by atoms with Gasteiger partial charge >= 0.3 is 29.6 Å². The van der Waals surface area contributed by atoms with E-state index in [1.54, 1.807) is 24.3 Å². The molecule has 4 heteroatoms. The second-order valence-corrected chi connectivity index (χ2v) is 5.63. The van der Waals surface area contributed by atoms with Crippen LogP contribution >= 0.6 is 0 Å². The molecule has 0 bridgehead atoms. The topological polar surface area (TPSA) is 48.2 Å². The van der Waals surface area contributed by atoms with Crippen molar-refractivity contribution in [3.63, 3.8) is 0 Å². The van der Waals surface area contributed by atoms with Crippen molar-refractivity contribution in [1.29, 1.82) is 0 Å². The van der Waals surface area contributed by atoms with Crippen LogP contribution in [0.25, 0.3) is 5.32 Å². The summed E-state index contributed by atoms with van der Waals surface area (Å²) in [6, 6.07) is 10.9. The SMILES string of the molecule is Cc1cc(C)c([N-]C2=CC(=O)c3ccccc3C2=O)c(C)c1.[Na+]. The standard InChI is InChI=1S/C19H17NO2.Na/c1-11-8-12(2)18(13(3)9-11)20-16-10-17(21)14-6-4-5-7-15(14)19(16)22;/h4-10H,1-3H3,(H,20,21);/q;+1/p-1. The zero-order chi connectivity index (χ0) is 15.9. The fraction of sp³-hybridized carbons (Fsp3) is 0.158. The minimum atomic E-state index is -0.199. The first kappa shape index (κ1) is 17.7. The summed E-state index contributed by atoms with van der Waals surface area (Å²) in [5, 5.41) is 4.48. The monoisotopic (exact) mass is 313 g/mol. The summed E-state index contributed by atoms with van der Waals surface area (Å²) < 4.78 is 0. The fourth-order valence-corrected chi connectivity index (χ4v) is 2.85. The van der Waals surface area contributed by atoms with Crippen LogP contribution in [0.1, 0.15) is 37.4 Å². The van der Waals surface area contributed by atoms with Gasteiger partial charge < -0.3 is 5.32 Å². The molecule has 1 aliphatic rings. The molecule has 0 atom stereocenters. The Hall–Kier alpha value is -1.68. The predicted octanol–water partition coefficient (Wildman–Crippen LogP) is 1.58. The molecule has 0 spiro atoms. The van der Waals surface area contributed by atoms with E-state index in [4.69, 9.17) is 0 Å². The number of carbonyl (C=O) groups is 2. The first-order valence-electron chi connectivity index (χ1n) is 7.16. The molecule has 0 unspecified atom stereocenters. The number of aryl methyl sites for hydroxylation is 3. The number of carbonyl (C=O) groups excluding carboxylic acids is 2. The van der Waals surface area contributed by atoms with Crippen molar-refractivity contribution in [2.45, 2.75) is 20.8 Å². The Morgan fingerprint density at radius 1 is 0.870 bits per heavy atom. The molecule has 0 radical (unpaired) electrons. The molecule has 1 aliphatic carbocycles. The maximum atomic E-state index is 12.5. The Balaban J connectivity index is 0.00000192. The summed E-state index contributed by atoms with van der Waals surface area (Å²) >= 11 is 0. The van der Waals surface area contributed by atoms with E-state index >= 15 is 0 Å². The van der Waals surface area contributed by atoms with Gasteiger partial charge in [-0.3, -0.25) is 9.59 Å². The minimum absolute atomic E-state index is 0. The third-order valence-electron chi connectivity index (χ3n) is 3.81. The van der Waals surface area contributed by atoms with Gasteiger partial charge in [0.15, 0.2) is 11.6 Å². The molecule has 3 nitrogen and oxygen atoms in total. The average Bonchev–Trinajstić information content (AvgIpc) is 2.47. The molecule has 0 saturated heterocycles. The molecule has 2 aromatic rings. The van der Waals surface area contributed by atoms with E-state index in [9.17, 15) is 9.59 Å². The van der Waals surface area contributed by atoms with E-state index in [1.807, 2.05) is 32.9 Å². The molecule has 23 heavy (non-hydrogen) atoms. The maximum absolute atomic E-state index is 12.5. The van der Waals surface area contributed by atoms with Crippen LogP contribution in [0.15, 0.2) is 48.2 Å². The number of hydrogen-bond acceptors (Lipinski definition) is 2. The van der Waals surface area contributed by atoms with Crippen LogP contribution in [0.2, 0.25) is 0 Å². The largest absolute Gasteiger partial charge is 1.00 e. The molecule has 0 saturated carbocycles. The summed E-state index contributed by atoms with van der Waals surface area (Å²) in [5.74, 6) is -0.369. The zero-order valence-corrected chi connectivity index (χ0v) is 15.8. The van der Waals surface area contributed by atoms with Crippen LogP contribution in [0.4, 0.5) is 5.69 Å². The van der Waals surface area contributed by atoms with Gasteiger partial charge in [-0.05, 0) is 26.8 Å². The molecule has 0 heterocycles. The van der Waals surface area contributed by atoms with Gasteiger partial charge in [0, 0.05) is 11.1 Å². The molecule has 110 valence electrons. The van der Waals surface area contributed by atoms with Gasteiger partial charge in [0.1, 0.15) is 0 Å². The van der Waals surface area contributed by atoms with Crippen molar-refractivity contribution in [3.8, 4) is 0 Å². The Bertz CT molecular complexity index is 814. The first-order valence-corrected chi connectivity index (χ1v) is 7.16. The van der Waals surface area contributed by atoms with Crippen LogP contribution in [0.5, 0.6) is 0 Å². The quantitative estimate of drug-likeness (QED) is 0.791. The van der Waals surface area contributed by atoms with Crippen LogP contribution < -0.4 is 29.6 Å². The Morgan fingerprint density at radius 3 is 2.04 bits per heavy atom. The second kappa shape index (κ2) is 6.83. The molecule has 3 rings (SSSR count). The van der Waals surface area contributed by atoms with Crippen molar-refractivity contribution in [1.82, 2.24) is 0 Å². The van der Waals surface area contributed by atoms with Crippen LogP contribution in [0, 0.1) is 20.8 Å². The number of nitrogens with zero attached hydrogens (tertiary/aromatic N) is 1. The van der Waals surface area contributed by atoms with Gasteiger partial charge in [0.05, 0.1) is 0 Å². The number of ketones is 2. The van der Waals surface area contributed by atoms with E-state index in [2.05, 4.69) is 5.32 Å². The Labute approximate surface area is 158 Å². The van der Waals surface area contributed by atoms with Crippen molar-refractivity contribution in [3.05, 3.63) is 81.3 Å². The van der Waals surface area contributed by atoms with Gasteiger partial charge in [-0.2, -0.15) is 0 Å². The van der Waals surface area contributed by atoms with E-state index in [-0.39, 0.29) is 46.8 Å². The van der Waals surface area contributed by atoms with Gasteiger partial charge in [0.25, 0.3) is 0 Å². The van der Waals surface area contributed by atoms with Gasteiger partial charge in [-0.25, -0.2) is 0 Å². The summed E-state index contributed by atoms with van der Waals surface area (Å²) in [7, 11) is 0. The third kappa shape index (κ3) is 3.32. The second-order valence-electron chi connectivity index (χ2n) is 5.63. The Morgan fingerprint density at radius 2 is 1.43 bits per heavy atom. The number of allylic oxidation sites excluding steroid dienone is 2.